The first-order valence-electron chi connectivity index (χ1n) is 4.06. The van der Waals surface area contributed by atoms with Crippen LogP contribution in [0.15, 0.2) is 45.9 Å². The molecular formula is C10H7BrN2O. The van der Waals surface area contributed by atoms with Crippen LogP contribution in [-0.4, -0.2) is 9.97 Å². The Hall–Kier alpha value is -1.42. The zero-order chi connectivity index (χ0) is 9.97. The lowest BCUT2D eigenvalue weighted by Gasteiger charge is -1.99. The van der Waals surface area contributed by atoms with E-state index < -0.39 is 0 Å². The summed E-state index contributed by atoms with van der Waals surface area (Å²) in [4.78, 5) is 17.5. The molecule has 0 saturated carbocycles. The zero-order valence-electron chi connectivity index (χ0n) is 7.20. The van der Waals surface area contributed by atoms with Crippen LogP contribution < -0.4 is 5.56 Å². The number of halogens is 1. The number of hydrogen-bond donors (Lipinski definition) is 1. The van der Waals surface area contributed by atoms with Crippen LogP contribution in [0.1, 0.15) is 0 Å². The molecule has 0 spiro atoms. The fraction of sp³-hybridized carbons (Fsp3) is 0. The third kappa shape index (κ3) is 1.90. The van der Waals surface area contributed by atoms with E-state index in [2.05, 4.69) is 25.9 Å². The van der Waals surface area contributed by atoms with Gasteiger partial charge in [-0.15, -0.1) is 0 Å². The summed E-state index contributed by atoms with van der Waals surface area (Å²) in [6.07, 6.45) is 2.88. The molecule has 0 unspecified atom stereocenters. The van der Waals surface area contributed by atoms with Gasteiger partial charge in [0.2, 0.25) is 0 Å². The van der Waals surface area contributed by atoms with Crippen LogP contribution in [0.5, 0.6) is 0 Å². The first kappa shape index (κ1) is 9.15. The van der Waals surface area contributed by atoms with Crippen LogP contribution in [0.2, 0.25) is 0 Å². The van der Waals surface area contributed by atoms with E-state index in [1.807, 2.05) is 24.3 Å². The number of nitrogens with one attached hydrogen (secondary N) is 1. The SMILES string of the molecule is O=c1cncc(-c2ccc(Br)cc2)[nH]1. The summed E-state index contributed by atoms with van der Waals surface area (Å²) in [5.74, 6) is 0. The summed E-state index contributed by atoms with van der Waals surface area (Å²) in [6.45, 7) is 0. The highest BCUT2D eigenvalue weighted by Gasteiger charge is 1.97. The first-order valence-corrected chi connectivity index (χ1v) is 4.85. The molecule has 1 aromatic carbocycles. The lowest BCUT2D eigenvalue weighted by atomic mass is 10.2. The monoisotopic (exact) mass is 250 g/mol. The molecule has 0 radical (unpaired) electrons. The van der Waals surface area contributed by atoms with Gasteiger partial charge in [0.25, 0.3) is 5.56 Å². The Morgan fingerprint density at radius 3 is 2.50 bits per heavy atom. The van der Waals surface area contributed by atoms with Gasteiger partial charge in [0, 0.05) is 4.47 Å². The molecule has 0 atom stereocenters. The normalized spacial score (nSPS) is 10.1. The minimum atomic E-state index is -0.189. The number of rotatable bonds is 1. The second-order valence-corrected chi connectivity index (χ2v) is 3.73. The average molecular weight is 251 g/mol. The van der Waals surface area contributed by atoms with Crippen LogP contribution in [0, 0.1) is 0 Å². The molecule has 0 aliphatic heterocycles. The Morgan fingerprint density at radius 1 is 1.14 bits per heavy atom. The molecule has 1 heterocycles. The van der Waals surface area contributed by atoms with Gasteiger partial charge >= 0.3 is 0 Å². The quantitative estimate of drug-likeness (QED) is 0.844. The summed E-state index contributed by atoms with van der Waals surface area (Å²) in [6, 6.07) is 7.66. The highest BCUT2D eigenvalue weighted by atomic mass is 79.9. The Kier molecular flexibility index (Phi) is 2.45. The molecule has 2 aromatic rings. The highest BCUT2D eigenvalue weighted by Crippen LogP contribution is 2.17. The fourth-order valence-corrected chi connectivity index (χ4v) is 1.42. The standard InChI is InChI=1S/C10H7BrN2O/c11-8-3-1-7(2-4-8)9-5-12-6-10(14)13-9/h1-6H,(H,13,14). The predicted molar refractivity (Wildman–Crippen MR) is 58.0 cm³/mol. The third-order valence-corrected chi connectivity index (χ3v) is 2.34. The Bertz CT molecular complexity index is 490. The van der Waals surface area contributed by atoms with Crippen molar-refractivity contribution in [3.8, 4) is 11.3 Å². The molecule has 70 valence electrons. The van der Waals surface area contributed by atoms with E-state index in [9.17, 15) is 4.79 Å². The van der Waals surface area contributed by atoms with Crippen LogP contribution >= 0.6 is 15.9 Å². The van der Waals surface area contributed by atoms with Crippen molar-refractivity contribution in [2.24, 2.45) is 0 Å². The second-order valence-electron chi connectivity index (χ2n) is 2.82. The van der Waals surface area contributed by atoms with Crippen molar-refractivity contribution in [2.75, 3.05) is 0 Å². The number of aromatic amines is 1. The maximum Gasteiger partial charge on any atom is 0.266 e. The lowest BCUT2D eigenvalue weighted by molar-refractivity contribution is 1.14. The largest absolute Gasteiger partial charge is 0.319 e. The summed E-state index contributed by atoms with van der Waals surface area (Å²) in [7, 11) is 0. The number of hydrogen-bond acceptors (Lipinski definition) is 2. The zero-order valence-corrected chi connectivity index (χ0v) is 8.78. The van der Waals surface area contributed by atoms with Crippen LogP contribution in [-0.2, 0) is 0 Å². The molecular weight excluding hydrogens is 244 g/mol. The Balaban J connectivity index is 2.50. The van der Waals surface area contributed by atoms with Gasteiger partial charge in [-0.05, 0) is 17.7 Å². The summed E-state index contributed by atoms with van der Waals surface area (Å²) in [5, 5.41) is 0. The van der Waals surface area contributed by atoms with Crippen LogP contribution in [0.4, 0.5) is 0 Å². The van der Waals surface area contributed by atoms with Crippen molar-refractivity contribution < 1.29 is 0 Å². The summed E-state index contributed by atoms with van der Waals surface area (Å²) in [5.41, 5.74) is 1.48. The van der Waals surface area contributed by atoms with Gasteiger partial charge in [0.15, 0.2) is 0 Å². The van der Waals surface area contributed by atoms with Crippen LogP contribution in [0.25, 0.3) is 11.3 Å². The molecule has 0 aliphatic rings. The van der Waals surface area contributed by atoms with E-state index in [1.54, 1.807) is 6.20 Å². The minimum absolute atomic E-state index is 0.189. The molecule has 0 bridgehead atoms. The van der Waals surface area contributed by atoms with Gasteiger partial charge in [0.1, 0.15) is 0 Å². The predicted octanol–water partition coefficient (Wildman–Crippen LogP) is 2.20. The first-order chi connectivity index (χ1) is 6.75. The van der Waals surface area contributed by atoms with Gasteiger partial charge in [-0.25, -0.2) is 0 Å². The van der Waals surface area contributed by atoms with Crippen molar-refractivity contribution in [1.29, 1.82) is 0 Å². The van der Waals surface area contributed by atoms with E-state index >= 15 is 0 Å². The van der Waals surface area contributed by atoms with Crippen molar-refractivity contribution in [1.82, 2.24) is 9.97 Å². The molecule has 14 heavy (non-hydrogen) atoms. The Morgan fingerprint density at radius 2 is 1.86 bits per heavy atom. The van der Waals surface area contributed by atoms with Gasteiger partial charge in [0.05, 0.1) is 18.1 Å². The van der Waals surface area contributed by atoms with Crippen molar-refractivity contribution in [3.63, 3.8) is 0 Å². The lowest BCUT2D eigenvalue weighted by Crippen LogP contribution is -2.05. The van der Waals surface area contributed by atoms with Crippen molar-refractivity contribution >= 4 is 15.9 Å². The molecule has 0 aliphatic carbocycles. The molecule has 2 rings (SSSR count). The maximum atomic E-state index is 11.0. The smallest absolute Gasteiger partial charge is 0.266 e. The topological polar surface area (TPSA) is 45.8 Å². The molecule has 4 heteroatoms. The van der Waals surface area contributed by atoms with Gasteiger partial charge in [-0.1, -0.05) is 28.1 Å². The number of H-pyrrole nitrogens is 1. The number of nitrogens with zero attached hydrogens (tertiary/aromatic N) is 1. The van der Waals surface area contributed by atoms with E-state index in [4.69, 9.17) is 0 Å². The number of benzene rings is 1. The molecule has 0 saturated heterocycles. The second kappa shape index (κ2) is 3.75. The van der Waals surface area contributed by atoms with Gasteiger partial charge in [-0.3, -0.25) is 9.78 Å². The molecule has 0 amide bonds. The fourth-order valence-electron chi connectivity index (χ4n) is 1.15. The number of aromatic nitrogens is 2. The summed E-state index contributed by atoms with van der Waals surface area (Å²) >= 11 is 3.34. The van der Waals surface area contributed by atoms with E-state index in [0.29, 0.717) is 0 Å². The minimum Gasteiger partial charge on any atom is -0.319 e. The van der Waals surface area contributed by atoms with Crippen molar-refractivity contribution in [2.45, 2.75) is 0 Å². The third-order valence-electron chi connectivity index (χ3n) is 1.81. The molecule has 3 nitrogen and oxygen atoms in total. The molecule has 1 N–H and O–H groups in total. The van der Waals surface area contributed by atoms with Gasteiger partial charge in [-0.2, -0.15) is 0 Å². The highest BCUT2D eigenvalue weighted by molar-refractivity contribution is 9.10. The molecule has 0 fully saturated rings. The van der Waals surface area contributed by atoms with Crippen molar-refractivity contribution in [3.05, 3.63) is 51.5 Å². The summed E-state index contributed by atoms with van der Waals surface area (Å²) < 4.78 is 1.01. The van der Waals surface area contributed by atoms with E-state index in [1.165, 1.54) is 6.20 Å². The van der Waals surface area contributed by atoms with Crippen LogP contribution in [0.3, 0.4) is 0 Å². The van der Waals surface area contributed by atoms with E-state index in [-0.39, 0.29) is 5.56 Å². The average Bonchev–Trinajstić information content (AvgIpc) is 2.19. The Labute approximate surface area is 89.0 Å². The van der Waals surface area contributed by atoms with E-state index in [0.717, 1.165) is 15.7 Å². The van der Waals surface area contributed by atoms with Gasteiger partial charge < -0.3 is 4.98 Å². The maximum absolute atomic E-state index is 11.0. The molecule has 1 aromatic heterocycles.